The average Bonchev–Trinajstić information content (AvgIpc) is 2.29. The number of nitro benzene ring substituents is 1. The van der Waals surface area contributed by atoms with Crippen molar-refractivity contribution in [1.29, 1.82) is 0 Å². The predicted octanol–water partition coefficient (Wildman–Crippen LogP) is 0.860. The number of hydrogen-bond donors (Lipinski definition) is 1. The number of benzene rings is 1. The van der Waals surface area contributed by atoms with Crippen LogP contribution in [0.4, 0.5) is 5.69 Å². The second kappa shape index (κ2) is 5.79. The highest BCUT2D eigenvalue weighted by Gasteiger charge is 2.08. The number of rotatable bonds is 5. The van der Waals surface area contributed by atoms with Crippen LogP contribution in [0.25, 0.3) is 0 Å². The molecule has 0 saturated carbocycles. The summed E-state index contributed by atoms with van der Waals surface area (Å²) in [6.45, 7) is -0.0707. The maximum atomic E-state index is 11.3. The summed E-state index contributed by atoms with van der Waals surface area (Å²) in [6, 6.07) is 5.16. The van der Waals surface area contributed by atoms with Gasteiger partial charge in [-0.3, -0.25) is 14.9 Å². The van der Waals surface area contributed by atoms with E-state index in [4.69, 9.17) is 0 Å². The third-order valence-electron chi connectivity index (χ3n) is 1.68. The molecule has 0 saturated heterocycles. The van der Waals surface area contributed by atoms with Crippen molar-refractivity contribution in [2.24, 2.45) is 0 Å². The van der Waals surface area contributed by atoms with Gasteiger partial charge in [-0.2, -0.15) is 0 Å². The lowest BCUT2D eigenvalue weighted by Crippen LogP contribution is -2.24. The number of hydrogen-bond acceptors (Lipinski definition) is 5. The van der Waals surface area contributed by atoms with Crippen molar-refractivity contribution in [2.75, 3.05) is 13.9 Å². The molecule has 0 aromatic heterocycles. The summed E-state index contributed by atoms with van der Waals surface area (Å²) < 4.78 is 4.55. The maximum absolute atomic E-state index is 11.3. The number of non-ortho nitro benzene ring substituents is 1. The number of nitrogens with zero attached hydrogens (tertiary/aromatic N) is 1. The van der Waals surface area contributed by atoms with E-state index in [0.717, 1.165) is 0 Å². The number of amides is 1. The van der Waals surface area contributed by atoms with Crippen LogP contribution in [0.5, 0.6) is 0 Å². The second-order valence-electron chi connectivity index (χ2n) is 2.79. The van der Waals surface area contributed by atoms with Gasteiger partial charge in [0.15, 0.2) is 6.79 Å². The molecule has 1 aromatic carbocycles. The van der Waals surface area contributed by atoms with Gasteiger partial charge >= 0.3 is 0 Å². The Morgan fingerprint density at radius 1 is 1.44 bits per heavy atom. The molecule has 0 unspecified atom stereocenters. The van der Waals surface area contributed by atoms with Gasteiger partial charge in [0.2, 0.25) is 0 Å². The molecule has 7 nitrogen and oxygen atoms in total. The van der Waals surface area contributed by atoms with Gasteiger partial charge in [-0.1, -0.05) is 0 Å². The summed E-state index contributed by atoms with van der Waals surface area (Å²) in [5, 5.41) is 10.4. The fraction of sp³-hybridized carbons (Fsp3) is 0.222. The lowest BCUT2D eigenvalue weighted by atomic mass is 10.2. The standard InChI is InChI=1S/C9H10N2O5/c1-15-6-16-10-9(12)7-2-4-8(5-3-7)11(13)14/h2-5H,6H2,1H3,(H,10,12). The number of hydroxylamine groups is 1. The fourth-order valence-corrected chi connectivity index (χ4v) is 0.947. The Balaban J connectivity index is 2.59. The SMILES string of the molecule is COCONC(=O)c1ccc([N+](=O)[O-])cc1. The van der Waals surface area contributed by atoms with Crippen LogP contribution in [0.3, 0.4) is 0 Å². The Morgan fingerprint density at radius 3 is 2.56 bits per heavy atom. The molecular weight excluding hydrogens is 216 g/mol. The molecule has 86 valence electrons. The number of carbonyl (C=O) groups is 1. The largest absolute Gasteiger partial charge is 0.356 e. The Hall–Kier alpha value is -1.99. The van der Waals surface area contributed by atoms with E-state index in [1.54, 1.807) is 0 Å². The van der Waals surface area contributed by atoms with Crippen LogP contribution in [-0.2, 0) is 9.57 Å². The van der Waals surface area contributed by atoms with Crippen LogP contribution in [0, 0.1) is 10.1 Å². The van der Waals surface area contributed by atoms with Crippen molar-refractivity contribution in [3.05, 3.63) is 39.9 Å². The highest BCUT2D eigenvalue weighted by Crippen LogP contribution is 2.11. The molecule has 0 bridgehead atoms. The first-order valence-corrected chi connectivity index (χ1v) is 4.30. The van der Waals surface area contributed by atoms with E-state index < -0.39 is 10.8 Å². The molecule has 1 aromatic rings. The summed E-state index contributed by atoms with van der Waals surface area (Å²) >= 11 is 0. The molecule has 0 heterocycles. The Bertz CT molecular complexity index is 376. The van der Waals surface area contributed by atoms with Crippen molar-refractivity contribution in [3.63, 3.8) is 0 Å². The van der Waals surface area contributed by atoms with E-state index in [-0.39, 0.29) is 18.0 Å². The highest BCUT2D eigenvalue weighted by atomic mass is 16.8. The monoisotopic (exact) mass is 226 g/mol. The number of carbonyl (C=O) groups excluding carboxylic acids is 1. The van der Waals surface area contributed by atoms with Gasteiger partial charge in [-0.15, -0.1) is 0 Å². The van der Waals surface area contributed by atoms with Gasteiger partial charge in [-0.25, -0.2) is 10.3 Å². The first-order chi connectivity index (χ1) is 7.65. The Morgan fingerprint density at radius 2 is 2.06 bits per heavy atom. The van der Waals surface area contributed by atoms with Crippen molar-refractivity contribution in [1.82, 2.24) is 5.48 Å². The molecule has 16 heavy (non-hydrogen) atoms. The molecule has 0 aliphatic carbocycles. The molecule has 0 aliphatic heterocycles. The average molecular weight is 226 g/mol. The normalized spacial score (nSPS) is 9.81. The van der Waals surface area contributed by atoms with Crippen molar-refractivity contribution >= 4 is 11.6 Å². The number of nitrogens with one attached hydrogen (secondary N) is 1. The fourth-order valence-electron chi connectivity index (χ4n) is 0.947. The number of methoxy groups -OCH3 is 1. The van der Waals surface area contributed by atoms with Gasteiger partial charge in [0.25, 0.3) is 11.6 Å². The van der Waals surface area contributed by atoms with E-state index in [0.29, 0.717) is 0 Å². The molecular formula is C9H10N2O5. The van der Waals surface area contributed by atoms with E-state index in [9.17, 15) is 14.9 Å². The maximum Gasteiger partial charge on any atom is 0.274 e. The lowest BCUT2D eigenvalue weighted by Gasteiger charge is -2.04. The minimum atomic E-state index is -0.539. The lowest BCUT2D eigenvalue weighted by molar-refractivity contribution is -0.384. The number of nitro groups is 1. The zero-order valence-corrected chi connectivity index (χ0v) is 8.50. The zero-order valence-electron chi connectivity index (χ0n) is 8.50. The van der Waals surface area contributed by atoms with E-state index in [2.05, 4.69) is 15.1 Å². The molecule has 0 fully saturated rings. The molecule has 0 radical (unpaired) electrons. The molecule has 0 aliphatic rings. The van der Waals surface area contributed by atoms with Crippen LogP contribution < -0.4 is 5.48 Å². The van der Waals surface area contributed by atoms with Gasteiger partial charge in [0, 0.05) is 24.8 Å². The van der Waals surface area contributed by atoms with Crippen LogP contribution in [0.1, 0.15) is 10.4 Å². The molecule has 1 rings (SSSR count). The third-order valence-corrected chi connectivity index (χ3v) is 1.68. The minimum absolute atomic E-state index is 0.0707. The third kappa shape index (κ3) is 3.30. The summed E-state index contributed by atoms with van der Waals surface area (Å²) in [5.41, 5.74) is 2.31. The molecule has 0 atom stereocenters. The van der Waals surface area contributed by atoms with E-state index in [1.165, 1.54) is 31.4 Å². The Kier molecular flexibility index (Phi) is 4.37. The molecule has 0 spiro atoms. The van der Waals surface area contributed by atoms with Gasteiger partial charge < -0.3 is 4.74 Å². The second-order valence-corrected chi connectivity index (χ2v) is 2.79. The van der Waals surface area contributed by atoms with Crippen LogP contribution >= 0.6 is 0 Å². The van der Waals surface area contributed by atoms with Crippen molar-refractivity contribution < 1.29 is 19.3 Å². The Labute approximate surface area is 91.1 Å². The summed E-state index contributed by atoms with van der Waals surface area (Å²) in [6.07, 6.45) is 0. The van der Waals surface area contributed by atoms with Crippen molar-refractivity contribution in [3.8, 4) is 0 Å². The predicted molar refractivity (Wildman–Crippen MR) is 53.5 cm³/mol. The zero-order chi connectivity index (χ0) is 12.0. The van der Waals surface area contributed by atoms with Gasteiger partial charge in [0.05, 0.1) is 4.92 Å². The smallest absolute Gasteiger partial charge is 0.274 e. The van der Waals surface area contributed by atoms with Crippen LogP contribution in [0.15, 0.2) is 24.3 Å². The highest BCUT2D eigenvalue weighted by molar-refractivity contribution is 5.93. The van der Waals surface area contributed by atoms with Crippen LogP contribution in [0.2, 0.25) is 0 Å². The molecule has 7 heteroatoms. The van der Waals surface area contributed by atoms with Crippen LogP contribution in [-0.4, -0.2) is 24.7 Å². The molecule has 1 N–H and O–H groups in total. The first kappa shape index (κ1) is 12.1. The molecule has 1 amide bonds. The van der Waals surface area contributed by atoms with E-state index >= 15 is 0 Å². The van der Waals surface area contributed by atoms with E-state index in [1.807, 2.05) is 0 Å². The minimum Gasteiger partial charge on any atom is -0.356 e. The quantitative estimate of drug-likeness (QED) is 0.348. The number of ether oxygens (including phenoxy) is 1. The summed E-state index contributed by atoms with van der Waals surface area (Å²) in [7, 11) is 1.41. The first-order valence-electron chi connectivity index (χ1n) is 4.30. The van der Waals surface area contributed by atoms with Gasteiger partial charge in [-0.05, 0) is 12.1 Å². The van der Waals surface area contributed by atoms with Crippen molar-refractivity contribution in [2.45, 2.75) is 0 Å². The summed E-state index contributed by atoms with van der Waals surface area (Å²) in [4.78, 5) is 25.8. The summed E-state index contributed by atoms with van der Waals surface area (Å²) in [5.74, 6) is -0.494. The van der Waals surface area contributed by atoms with Gasteiger partial charge in [0.1, 0.15) is 0 Å². The topological polar surface area (TPSA) is 90.7 Å².